The molecule has 56 valence electrons. The van der Waals surface area contributed by atoms with Crippen LogP contribution in [0.5, 0.6) is 0 Å². The molecule has 2 rings (SSSR count). The highest BCUT2D eigenvalue weighted by atomic mass is 32.1. The fourth-order valence-electron chi connectivity index (χ4n) is 0.719. The molecule has 1 N–H and O–H groups in total. The number of aromatic amines is 1. The summed E-state index contributed by atoms with van der Waals surface area (Å²) in [5, 5.41) is 8.28. The normalized spacial score (nSPS) is 10.2. The van der Waals surface area contributed by atoms with E-state index >= 15 is 0 Å². The van der Waals surface area contributed by atoms with Crippen molar-refractivity contribution in [3.05, 3.63) is 28.4 Å². The summed E-state index contributed by atoms with van der Waals surface area (Å²) >= 11 is 1.39. The number of thiazole rings is 1. The Morgan fingerprint density at radius 3 is 3.09 bits per heavy atom. The summed E-state index contributed by atoms with van der Waals surface area (Å²) in [5.41, 5.74) is -0.264. The molecule has 0 bridgehead atoms. The van der Waals surface area contributed by atoms with Gasteiger partial charge in [-0.05, 0) is 0 Å². The summed E-state index contributed by atoms with van der Waals surface area (Å²) in [7, 11) is 0. The van der Waals surface area contributed by atoms with E-state index in [0.717, 1.165) is 0 Å². The van der Waals surface area contributed by atoms with Crippen molar-refractivity contribution >= 4 is 11.3 Å². The molecule has 0 aromatic carbocycles. The third-order valence-electron chi connectivity index (χ3n) is 1.18. The van der Waals surface area contributed by atoms with Gasteiger partial charge in [0, 0.05) is 11.6 Å². The molecule has 2 aromatic heterocycles. The molecule has 6 heteroatoms. The second-order valence-electron chi connectivity index (χ2n) is 1.85. The van der Waals surface area contributed by atoms with Gasteiger partial charge in [0.25, 0.3) is 0 Å². The van der Waals surface area contributed by atoms with Gasteiger partial charge < -0.3 is 0 Å². The molecule has 2 aromatic rings. The molecular weight excluding hydrogens is 164 g/mol. The first kappa shape index (κ1) is 6.29. The maximum absolute atomic E-state index is 10.9. The number of rotatable bonds is 1. The van der Waals surface area contributed by atoms with E-state index in [4.69, 9.17) is 0 Å². The van der Waals surface area contributed by atoms with E-state index < -0.39 is 0 Å². The molecule has 0 fully saturated rings. The molecule has 5 nitrogen and oxygen atoms in total. The molecule has 0 aliphatic heterocycles. The van der Waals surface area contributed by atoms with Crippen molar-refractivity contribution in [1.82, 2.24) is 19.7 Å². The van der Waals surface area contributed by atoms with Crippen LogP contribution in [0.15, 0.2) is 22.7 Å². The van der Waals surface area contributed by atoms with E-state index in [1.807, 2.05) is 0 Å². The average Bonchev–Trinajstić information content (AvgIpc) is 2.55. The van der Waals surface area contributed by atoms with Crippen LogP contribution in [-0.4, -0.2) is 19.7 Å². The van der Waals surface area contributed by atoms with Crippen molar-refractivity contribution in [1.29, 1.82) is 0 Å². The molecule has 0 saturated carbocycles. The highest BCUT2D eigenvalue weighted by Gasteiger charge is 2.00. The summed E-state index contributed by atoms with van der Waals surface area (Å²) in [4.78, 5) is 14.9. The van der Waals surface area contributed by atoms with Crippen LogP contribution < -0.4 is 5.69 Å². The Morgan fingerprint density at radius 1 is 1.64 bits per heavy atom. The second kappa shape index (κ2) is 2.31. The summed E-state index contributed by atoms with van der Waals surface area (Å²) < 4.78 is 1.35. The highest BCUT2D eigenvalue weighted by molar-refractivity contribution is 7.12. The fourth-order valence-corrected chi connectivity index (χ4v) is 1.33. The first-order chi connectivity index (χ1) is 5.38. The van der Waals surface area contributed by atoms with Crippen molar-refractivity contribution in [2.24, 2.45) is 0 Å². The Morgan fingerprint density at radius 2 is 2.55 bits per heavy atom. The van der Waals surface area contributed by atoms with E-state index in [2.05, 4.69) is 15.2 Å². The number of aromatic nitrogens is 4. The number of H-pyrrole nitrogens is 1. The van der Waals surface area contributed by atoms with E-state index in [1.165, 1.54) is 22.2 Å². The molecule has 0 atom stereocenters. The molecule has 0 aliphatic rings. The van der Waals surface area contributed by atoms with Crippen LogP contribution >= 0.6 is 11.3 Å². The van der Waals surface area contributed by atoms with Gasteiger partial charge in [-0.3, -0.25) is 0 Å². The lowest BCUT2D eigenvalue weighted by Crippen LogP contribution is -2.13. The third kappa shape index (κ3) is 0.966. The Labute approximate surface area is 65.3 Å². The fraction of sp³-hybridized carbons (Fsp3) is 0. The van der Waals surface area contributed by atoms with Gasteiger partial charge in [-0.1, -0.05) is 0 Å². The summed E-state index contributed by atoms with van der Waals surface area (Å²) in [6.07, 6.45) is 3.04. The summed E-state index contributed by atoms with van der Waals surface area (Å²) in [5.74, 6) is 0. The first-order valence-corrected chi connectivity index (χ1v) is 3.78. The van der Waals surface area contributed by atoms with Crippen LogP contribution in [0, 0.1) is 0 Å². The zero-order valence-corrected chi connectivity index (χ0v) is 6.21. The van der Waals surface area contributed by atoms with Gasteiger partial charge >= 0.3 is 5.69 Å². The number of hydrogen-bond donors (Lipinski definition) is 1. The lowest BCUT2D eigenvalue weighted by molar-refractivity contribution is 0.968. The van der Waals surface area contributed by atoms with Crippen LogP contribution in [0.1, 0.15) is 0 Å². The maximum atomic E-state index is 10.9. The molecule has 0 amide bonds. The van der Waals surface area contributed by atoms with Crippen molar-refractivity contribution in [2.75, 3.05) is 0 Å². The average molecular weight is 168 g/mol. The molecule has 0 unspecified atom stereocenters. The Balaban J connectivity index is 2.62. The molecular formula is C5H4N4OS. The molecule has 0 aliphatic carbocycles. The monoisotopic (exact) mass is 168 g/mol. The van der Waals surface area contributed by atoms with Crippen LogP contribution in [0.3, 0.4) is 0 Å². The van der Waals surface area contributed by atoms with Gasteiger partial charge in [-0.2, -0.15) is 5.10 Å². The Bertz CT molecular complexity index is 387. The Hall–Kier alpha value is -1.43. The predicted molar refractivity (Wildman–Crippen MR) is 39.9 cm³/mol. The number of nitrogens with one attached hydrogen (secondary N) is 1. The van der Waals surface area contributed by atoms with E-state index in [1.54, 1.807) is 11.6 Å². The zero-order valence-electron chi connectivity index (χ0n) is 5.39. The smallest absolute Gasteiger partial charge is 0.246 e. The van der Waals surface area contributed by atoms with Crippen molar-refractivity contribution in [2.45, 2.75) is 0 Å². The zero-order chi connectivity index (χ0) is 7.68. The van der Waals surface area contributed by atoms with Crippen molar-refractivity contribution in [3.63, 3.8) is 0 Å². The lowest BCUT2D eigenvalue weighted by Gasteiger charge is -1.87. The maximum Gasteiger partial charge on any atom is 0.349 e. The van der Waals surface area contributed by atoms with Crippen LogP contribution in [0.2, 0.25) is 0 Å². The number of nitrogens with zero attached hydrogens (tertiary/aromatic N) is 3. The minimum Gasteiger partial charge on any atom is -0.246 e. The van der Waals surface area contributed by atoms with Gasteiger partial charge in [0.1, 0.15) is 6.33 Å². The van der Waals surface area contributed by atoms with Gasteiger partial charge in [0.05, 0.1) is 0 Å². The van der Waals surface area contributed by atoms with E-state index in [0.29, 0.717) is 5.13 Å². The molecule has 2 heterocycles. The SMILES string of the molecule is O=c1[nH]ncn1-c1nccs1. The van der Waals surface area contributed by atoms with Crippen molar-refractivity contribution < 1.29 is 0 Å². The van der Waals surface area contributed by atoms with Crippen LogP contribution in [0.4, 0.5) is 0 Å². The lowest BCUT2D eigenvalue weighted by atomic mass is 10.9. The van der Waals surface area contributed by atoms with E-state index in [9.17, 15) is 4.79 Å². The molecule has 0 saturated heterocycles. The molecule has 0 spiro atoms. The quantitative estimate of drug-likeness (QED) is 0.652. The summed E-state index contributed by atoms with van der Waals surface area (Å²) in [6.45, 7) is 0. The first-order valence-electron chi connectivity index (χ1n) is 2.90. The summed E-state index contributed by atoms with van der Waals surface area (Å²) in [6, 6.07) is 0. The molecule has 0 radical (unpaired) electrons. The van der Waals surface area contributed by atoms with Crippen molar-refractivity contribution in [3.8, 4) is 5.13 Å². The minimum atomic E-state index is -0.264. The largest absolute Gasteiger partial charge is 0.349 e. The van der Waals surface area contributed by atoms with E-state index in [-0.39, 0.29) is 5.69 Å². The highest BCUT2D eigenvalue weighted by Crippen LogP contribution is 2.06. The number of hydrogen-bond acceptors (Lipinski definition) is 4. The van der Waals surface area contributed by atoms with Gasteiger partial charge in [-0.25, -0.2) is 19.4 Å². The Kier molecular flexibility index (Phi) is 1.32. The predicted octanol–water partition coefficient (Wildman–Crippen LogP) is 0.0171. The third-order valence-corrected chi connectivity index (χ3v) is 1.95. The van der Waals surface area contributed by atoms with Gasteiger partial charge in [0.2, 0.25) is 0 Å². The standard InChI is InChI=1S/C5H4N4OS/c10-4-8-7-3-9(4)5-6-1-2-11-5/h1-3H,(H,8,10). The minimum absolute atomic E-state index is 0.264. The molecule has 11 heavy (non-hydrogen) atoms. The second-order valence-corrected chi connectivity index (χ2v) is 2.72. The van der Waals surface area contributed by atoms with Crippen LogP contribution in [-0.2, 0) is 0 Å². The van der Waals surface area contributed by atoms with Gasteiger partial charge in [-0.15, -0.1) is 11.3 Å². The van der Waals surface area contributed by atoms with Crippen LogP contribution in [0.25, 0.3) is 5.13 Å². The topological polar surface area (TPSA) is 63.6 Å². The van der Waals surface area contributed by atoms with Gasteiger partial charge in [0.15, 0.2) is 5.13 Å².